The molecule has 4 N–H and O–H groups in total. The van der Waals surface area contributed by atoms with Crippen LogP contribution in [0.4, 0.5) is 10.2 Å². The van der Waals surface area contributed by atoms with Crippen LogP contribution in [0.1, 0.15) is 43.7 Å². The van der Waals surface area contributed by atoms with Gasteiger partial charge < -0.3 is 20.7 Å². The Kier molecular flexibility index (Phi) is 6.78. The summed E-state index contributed by atoms with van der Waals surface area (Å²) in [7, 11) is 0. The van der Waals surface area contributed by atoms with Crippen molar-refractivity contribution in [2.24, 2.45) is 0 Å². The van der Waals surface area contributed by atoms with E-state index in [-0.39, 0.29) is 18.5 Å². The molecule has 0 radical (unpaired) electrons. The molecule has 1 aliphatic rings. The predicted octanol–water partition coefficient (Wildman–Crippen LogP) is 4.67. The minimum absolute atomic E-state index is 0.201. The Bertz CT molecular complexity index is 1570. The number of hydrogen-bond donors (Lipinski definition) is 3. The van der Waals surface area contributed by atoms with E-state index in [1.807, 2.05) is 35.1 Å². The molecule has 0 bridgehead atoms. The van der Waals surface area contributed by atoms with Crippen molar-refractivity contribution in [3.63, 3.8) is 0 Å². The number of halogens is 1. The molecule has 0 aliphatic heterocycles. The standard InChI is InChI=1S/C29H32FN7O/c30-24-5-2-1-4-21(24)17-36-14-12-19-16-20(6-11-25(19)36)27-26-28(31)33-18-34-29(26)37(35-27)23-9-7-22(8-10-23)32-13-3-15-38/h1-2,4-6,11-12,14,16,18,22-23,32,38H,3,7-10,13,15,17H2,(H2,31,33,34). The predicted molar refractivity (Wildman–Crippen MR) is 147 cm³/mol. The molecule has 1 fully saturated rings. The minimum atomic E-state index is -0.201. The lowest BCUT2D eigenvalue weighted by atomic mass is 9.91. The van der Waals surface area contributed by atoms with E-state index in [0.29, 0.717) is 24.0 Å². The van der Waals surface area contributed by atoms with Gasteiger partial charge in [-0.25, -0.2) is 19.0 Å². The number of hydrogen-bond acceptors (Lipinski definition) is 6. The van der Waals surface area contributed by atoms with Crippen LogP contribution in [-0.2, 0) is 6.54 Å². The largest absolute Gasteiger partial charge is 0.396 e. The number of anilines is 1. The molecule has 5 aromatic rings. The number of rotatable bonds is 8. The molecule has 1 saturated carbocycles. The van der Waals surface area contributed by atoms with E-state index in [1.165, 1.54) is 12.4 Å². The molecular weight excluding hydrogens is 481 g/mol. The molecule has 0 unspecified atom stereocenters. The lowest BCUT2D eigenvalue weighted by molar-refractivity contribution is 0.259. The number of nitrogens with two attached hydrogens (primary N) is 1. The zero-order chi connectivity index (χ0) is 26.1. The first-order valence-electron chi connectivity index (χ1n) is 13.3. The Morgan fingerprint density at radius 1 is 1.05 bits per heavy atom. The van der Waals surface area contributed by atoms with E-state index in [4.69, 9.17) is 15.9 Å². The smallest absolute Gasteiger partial charge is 0.164 e. The Hall–Kier alpha value is -3.82. The number of benzene rings is 2. The van der Waals surface area contributed by atoms with Gasteiger partial charge in [-0.15, -0.1) is 0 Å². The minimum Gasteiger partial charge on any atom is -0.396 e. The highest BCUT2D eigenvalue weighted by Crippen LogP contribution is 2.37. The zero-order valence-corrected chi connectivity index (χ0v) is 21.2. The van der Waals surface area contributed by atoms with E-state index in [9.17, 15) is 4.39 Å². The van der Waals surface area contributed by atoms with Crippen LogP contribution in [0.5, 0.6) is 0 Å². The van der Waals surface area contributed by atoms with Crippen LogP contribution in [-0.4, -0.2) is 48.6 Å². The number of nitrogens with zero attached hydrogens (tertiary/aromatic N) is 5. The van der Waals surface area contributed by atoms with Crippen LogP contribution in [0, 0.1) is 5.82 Å². The topological polar surface area (TPSA) is 107 Å². The summed E-state index contributed by atoms with van der Waals surface area (Å²) in [5.74, 6) is 0.223. The molecule has 0 saturated heterocycles. The van der Waals surface area contributed by atoms with Gasteiger partial charge in [0.15, 0.2) is 5.65 Å². The molecule has 0 amide bonds. The summed E-state index contributed by atoms with van der Waals surface area (Å²) >= 11 is 0. The maximum atomic E-state index is 14.2. The monoisotopic (exact) mass is 513 g/mol. The second-order valence-electron chi connectivity index (χ2n) is 10.1. The lowest BCUT2D eigenvalue weighted by Gasteiger charge is -2.29. The van der Waals surface area contributed by atoms with Crippen LogP contribution in [0.3, 0.4) is 0 Å². The van der Waals surface area contributed by atoms with Crippen molar-refractivity contribution >= 4 is 27.8 Å². The van der Waals surface area contributed by atoms with E-state index in [0.717, 1.165) is 71.8 Å². The number of fused-ring (bicyclic) bond motifs is 2. The van der Waals surface area contributed by atoms with Crippen molar-refractivity contribution in [3.8, 4) is 11.3 Å². The van der Waals surface area contributed by atoms with Gasteiger partial charge in [-0.2, -0.15) is 5.10 Å². The maximum Gasteiger partial charge on any atom is 0.164 e. The highest BCUT2D eigenvalue weighted by Gasteiger charge is 2.27. The van der Waals surface area contributed by atoms with E-state index >= 15 is 0 Å². The van der Waals surface area contributed by atoms with E-state index in [2.05, 4.69) is 32.0 Å². The summed E-state index contributed by atoms with van der Waals surface area (Å²) < 4.78 is 18.3. The van der Waals surface area contributed by atoms with Crippen molar-refractivity contribution in [2.45, 2.75) is 50.7 Å². The normalized spacial score (nSPS) is 17.9. The van der Waals surface area contributed by atoms with E-state index in [1.54, 1.807) is 6.07 Å². The molecule has 9 heteroatoms. The van der Waals surface area contributed by atoms with Gasteiger partial charge in [0.05, 0.1) is 18.0 Å². The first-order chi connectivity index (χ1) is 18.6. The van der Waals surface area contributed by atoms with Crippen molar-refractivity contribution in [2.75, 3.05) is 18.9 Å². The lowest BCUT2D eigenvalue weighted by Crippen LogP contribution is -2.34. The Morgan fingerprint density at radius 3 is 2.71 bits per heavy atom. The van der Waals surface area contributed by atoms with Crippen LogP contribution in [0.2, 0.25) is 0 Å². The molecule has 3 aromatic heterocycles. The third-order valence-corrected chi connectivity index (χ3v) is 7.67. The van der Waals surface area contributed by atoms with Gasteiger partial charge in [0.2, 0.25) is 0 Å². The van der Waals surface area contributed by atoms with Gasteiger partial charge in [-0.05, 0) is 62.9 Å². The first-order valence-corrected chi connectivity index (χ1v) is 13.3. The fraction of sp³-hybridized carbons (Fsp3) is 0.345. The average Bonchev–Trinajstić information content (AvgIpc) is 3.53. The number of nitrogen functional groups attached to an aromatic ring is 1. The molecule has 2 aromatic carbocycles. The quantitative estimate of drug-likeness (QED) is 0.260. The van der Waals surface area contributed by atoms with Gasteiger partial charge in [0.1, 0.15) is 23.7 Å². The van der Waals surface area contributed by atoms with Crippen molar-refractivity contribution in [1.29, 1.82) is 0 Å². The van der Waals surface area contributed by atoms with Crippen molar-refractivity contribution in [1.82, 2.24) is 29.6 Å². The van der Waals surface area contributed by atoms with Gasteiger partial charge in [-0.1, -0.05) is 24.3 Å². The highest BCUT2D eigenvalue weighted by atomic mass is 19.1. The fourth-order valence-corrected chi connectivity index (χ4v) is 5.66. The number of aromatic nitrogens is 5. The summed E-state index contributed by atoms with van der Waals surface area (Å²) in [6.45, 7) is 1.52. The fourth-order valence-electron chi connectivity index (χ4n) is 5.66. The maximum absolute atomic E-state index is 14.2. The number of aliphatic hydroxyl groups is 1. The molecule has 8 nitrogen and oxygen atoms in total. The molecule has 3 heterocycles. The first kappa shape index (κ1) is 24.5. The molecule has 0 atom stereocenters. The summed E-state index contributed by atoms with van der Waals surface area (Å²) in [5.41, 5.74) is 10.5. The number of nitrogens with one attached hydrogen (secondary N) is 1. The zero-order valence-electron chi connectivity index (χ0n) is 21.2. The van der Waals surface area contributed by atoms with Gasteiger partial charge >= 0.3 is 0 Å². The Morgan fingerprint density at radius 2 is 1.89 bits per heavy atom. The molecule has 6 rings (SSSR count). The van der Waals surface area contributed by atoms with Crippen LogP contribution < -0.4 is 11.1 Å². The third-order valence-electron chi connectivity index (χ3n) is 7.67. The van der Waals surface area contributed by atoms with Crippen LogP contribution in [0.15, 0.2) is 61.1 Å². The summed E-state index contributed by atoms with van der Waals surface area (Å²) in [5, 5.41) is 19.5. The second-order valence-corrected chi connectivity index (χ2v) is 10.1. The number of aliphatic hydroxyl groups excluding tert-OH is 1. The summed E-state index contributed by atoms with van der Waals surface area (Å²) in [6.07, 6.45) is 8.36. The molecule has 38 heavy (non-hydrogen) atoms. The summed E-state index contributed by atoms with van der Waals surface area (Å²) in [4.78, 5) is 8.86. The molecular formula is C29H32FN7O. The van der Waals surface area contributed by atoms with Crippen molar-refractivity contribution < 1.29 is 9.50 Å². The SMILES string of the molecule is Nc1ncnc2c1c(-c1ccc3c(ccn3Cc3ccccc3F)c1)nn2C1CCC(NCCCO)CC1. The van der Waals surface area contributed by atoms with Crippen molar-refractivity contribution in [3.05, 3.63) is 72.4 Å². The second kappa shape index (κ2) is 10.5. The Balaban J connectivity index is 1.31. The Labute approximate surface area is 220 Å². The van der Waals surface area contributed by atoms with Crippen LogP contribution in [0.25, 0.3) is 33.2 Å². The van der Waals surface area contributed by atoms with Gasteiger partial charge in [0, 0.05) is 40.9 Å². The molecule has 0 spiro atoms. The summed E-state index contributed by atoms with van der Waals surface area (Å²) in [6, 6.07) is 15.8. The molecule has 196 valence electrons. The average molecular weight is 514 g/mol. The molecule has 1 aliphatic carbocycles. The van der Waals surface area contributed by atoms with Gasteiger partial charge in [0.25, 0.3) is 0 Å². The van der Waals surface area contributed by atoms with E-state index < -0.39 is 0 Å². The van der Waals surface area contributed by atoms with Gasteiger partial charge in [-0.3, -0.25) is 0 Å². The third kappa shape index (κ3) is 4.63. The highest BCUT2D eigenvalue weighted by molar-refractivity contribution is 6.00. The van der Waals surface area contributed by atoms with Crippen LogP contribution >= 0.6 is 0 Å².